The van der Waals surface area contributed by atoms with Gasteiger partial charge in [0, 0.05) is 22.0 Å². The summed E-state index contributed by atoms with van der Waals surface area (Å²) in [5, 5.41) is 13.2. The number of benzene rings is 2. The monoisotopic (exact) mass is 549 g/mol. The van der Waals surface area contributed by atoms with Gasteiger partial charge in [-0.1, -0.05) is 42.5 Å². The summed E-state index contributed by atoms with van der Waals surface area (Å²) in [6.45, 7) is 6.00. The third-order valence-electron chi connectivity index (χ3n) is 7.25. The van der Waals surface area contributed by atoms with Gasteiger partial charge in [-0.2, -0.15) is 5.26 Å². The lowest BCUT2D eigenvalue weighted by Crippen LogP contribution is -2.16. The van der Waals surface area contributed by atoms with E-state index in [1.807, 2.05) is 38.1 Å². The summed E-state index contributed by atoms with van der Waals surface area (Å²) in [7, 11) is 0. The number of nitrogens with zero attached hydrogens (tertiary/aromatic N) is 2. The van der Waals surface area contributed by atoms with Crippen LogP contribution in [0.2, 0.25) is 0 Å². The maximum Gasteiger partial charge on any atom is 0.341 e. The fraction of sp³-hybridized carbons (Fsp3) is 0.242. The molecule has 6 nitrogen and oxygen atoms in total. The number of fused-ring (bicyclic) bond motifs is 1. The predicted molar refractivity (Wildman–Crippen MR) is 160 cm³/mol. The van der Waals surface area contributed by atoms with Gasteiger partial charge >= 0.3 is 5.97 Å². The van der Waals surface area contributed by atoms with Crippen LogP contribution in [0.4, 0.5) is 5.00 Å². The highest BCUT2D eigenvalue weighted by Gasteiger charge is 2.28. The number of esters is 1. The number of rotatable bonds is 7. The van der Waals surface area contributed by atoms with Crippen molar-refractivity contribution in [3.8, 4) is 22.9 Å². The van der Waals surface area contributed by atoms with E-state index in [1.54, 1.807) is 13.0 Å². The van der Waals surface area contributed by atoms with Crippen molar-refractivity contribution in [3.05, 3.63) is 99.2 Å². The number of aryl methyl sites for hydroxylation is 2. The zero-order chi connectivity index (χ0) is 28.2. The van der Waals surface area contributed by atoms with Gasteiger partial charge in [-0.05, 0) is 93.0 Å². The second kappa shape index (κ2) is 11.8. The SMILES string of the molecule is CCOC(=O)c1c(NC(=O)/C(C#N)=C/c2cc(C)n(-c3ccc(-c4ccccc4)cc3)c2C)sc2c1CCCC2. The van der Waals surface area contributed by atoms with E-state index in [9.17, 15) is 14.9 Å². The number of thiophene rings is 1. The lowest BCUT2D eigenvalue weighted by Gasteiger charge is -2.12. The summed E-state index contributed by atoms with van der Waals surface area (Å²) in [5.41, 5.74) is 7.36. The average molecular weight is 550 g/mol. The standard InChI is InChI=1S/C33H31N3O3S/c1-4-39-33(38)30-28-12-8-9-13-29(28)40-32(30)35-31(37)26(20-34)19-25-18-21(2)36(22(25)3)27-16-14-24(15-17-27)23-10-6-5-7-11-23/h5-7,10-11,14-19H,4,8-9,12-13H2,1-3H3,(H,35,37)/b26-19+. The Labute approximate surface area is 238 Å². The van der Waals surface area contributed by atoms with Gasteiger partial charge < -0.3 is 14.6 Å². The molecule has 0 unspecified atom stereocenters. The van der Waals surface area contributed by atoms with E-state index in [1.165, 1.54) is 11.3 Å². The molecule has 0 spiro atoms. The van der Waals surface area contributed by atoms with Crippen molar-refractivity contribution in [2.75, 3.05) is 11.9 Å². The lowest BCUT2D eigenvalue weighted by atomic mass is 9.95. The third kappa shape index (κ3) is 5.36. The molecule has 0 saturated carbocycles. The Bertz CT molecular complexity index is 1640. The third-order valence-corrected chi connectivity index (χ3v) is 8.45. The first-order chi connectivity index (χ1) is 19.4. The highest BCUT2D eigenvalue weighted by molar-refractivity contribution is 7.17. The fourth-order valence-electron chi connectivity index (χ4n) is 5.31. The summed E-state index contributed by atoms with van der Waals surface area (Å²) >= 11 is 1.41. The minimum Gasteiger partial charge on any atom is -0.462 e. The highest BCUT2D eigenvalue weighted by atomic mass is 32.1. The van der Waals surface area contributed by atoms with Gasteiger partial charge in [0.1, 0.15) is 16.6 Å². The number of carbonyl (C=O) groups excluding carboxylic acids is 2. The smallest absolute Gasteiger partial charge is 0.341 e. The molecule has 0 bridgehead atoms. The molecular weight excluding hydrogens is 518 g/mol. The van der Waals surface area contributed by atoms with Gasteiger partial charge in [0.05, 0.1) is 12.2 Å². The van der Waals surface area contributed by atoms with Crippen LogP contribution in [0, 0.1) is 25.2 Å². The summed E-state index contributed by atoms with van der Waals surface area (Å²) in [5.74, 6) is -0.967. The molecule has 2 aromatic carbocycles. The molecule has 2 heterocycles. The van der Waals surface area contributed by atoms with Crippen LogP contribution in [-0.2, 0) is 22.4 Å². The second-order valence-electron chi connectivity index (χ2n) is 9.83. The molecule has 0 saturated heterocycles. The van der Waals surface area contributed by atoms with E-state index in [2.05, 4.69) is 52.4 Å². The van der Waals surface area contributed by atoms with Crippen molar-refractivity contribution in [1.82, 2.24) is 4.57 Å². The molecule has 0 fully saturated rings. The van der Waals surface area contributed by atoms with Gasteiger partial charge in [0.25, 0.3) is 5.91 Å². The molecule has 1 aliphatic rings. The molecule has 0 radical (unpaired) electrons. The number of hydrogen-bond acceptors (Lipinski definition) is 5. The first-order valence-electron chi connectivity index (χ1n) is 13.5. The molecule has 7 heteroatoms. The number of ether oxygens (including phenoxy) is 1. The predicted octanol–water partition coefficient (Wildman–Crippen LogP) is 7.42. The Kier molecular flexibility index (Phi) is 7.99. The van der Waals surface area contributed by atoms with Crippen LogP contribution < -0.4 is 5.32 Å². The molecular formula is C33H31N3O3S. The van der Waals surface area contributed by atoms with Crippen molar-refractivity contribution in [1.29, 1.82) is 5.26 Å². The van der Waals surface area contributed by atoms with Crippen LogP contribution >= 0.6 is 11.3 Å². The van der Waals surface area contributed by atoms with Crippen LogP contribution in [0.1, 0.15) is 57.5 Å². The Morgan fingerprint density at radius 1 is 1.05 bits per heavy atom. The van der Waals surface area contributed by atoms with Gasteiger partial charge in [-0.3, -0.25) is 4.79 Å². The number of aromatic nitrogens is 1. The van der Waals surface area contributed by atoms with Gasteiger partial charge in [0.2, 0.25) is 0 Å². The fourth-order valence-corrected chi connectivity index (χ4v) is 6.58. The molecule has 1 amide bonds. The quantitative estimate of drug-likeness (QED) is 0.148. The zero-order valence-electron chi connectivity index (χ0n) is 22.9. The van der Waals surface area contributed by atoms with E-state index in [0.717, 1.165) is 69.9 Å². The van der Waals surface area contributed by atoms with Crippen molar-refractivity contribution in [3.63, 3.8) is 0 Å². The Morgan fingerprint density at radius 2 is 1.75 bits per heavy atom. The number of amides is 1. The first kappa shape index (κ1) is 27.2. The first-order valence-corrected chi connectivity index (χ1v) is 14.3. The number of nitrogens with one attached hydrogen (secondary N) is 1. The Morgan fingerprint density at radius 3 is 2.45 bits per heavy atom. The summed E-state index contributed by atoms with van der Waals surface area (Å²) in [6, 6.07) is 22.6. The number of anilines is 1. The van der Waals surface area contributed by atoms with E-state index < -0.39 is 11.9 Å². The summed E-state index contributed by atoms with van der Waals surface area (Å²) in [4.78, 5) is 27.2. The normalized spacial score (nSPS) is 12.9. The minimum atomic E-state index is -0.538. The minimum absolute atomic E-state index is 0.0270. The van der Waals surface area contributed by atoms with Crippen molar-refractivity contribution in [2.45, 2.75) is 46.5 Å². The molecule has 0 atom stereocenters. The van der Waals surface area contributed by atoms with E-state index in [0.29, 0.717) is 10.6 Å². The van der Waals surface area contributed by atoms with Crippen molar-refractivity contribution >= 4 is 34.3 Å². The van der Waals surface area contributed by atoms with Crippen LogP contribution in [0.3, 0.4) is 0 Å². The van der Waals surface area contributed by atoms with Gasteiger partial charge in [-0.25, -0.2) is 4.79 Å². The summed E-state index contributed by atoms with van der Waals surface area (Å²) < 4.78 is 7.41. The maximum absolute atomic E-state index is 13.3. The lowest BCUT2D eigenvalue weighted by molar-refractivity contribution is -0.112. The van der Waals surface area contributed by atoms with Crippen LogP contribution in [-0.4, -0.2) is 23.1 Å². The highest BCUT2D eigenvalue weighted by Crippen LogP contribution is 2.39. The van der Waals surface area contributed by atoms with E-state index >= 15 is 0 Å². The molecule has 202 valence electrons. The molecule has 0 aliphatic heterocycles. The van der Waals surface area contributed by atoms with Crippen molar-refractivity contribution in [2.24, 2.45) is 0 Å². The Balaban J connectivity index is 1.42. The molecule has 40 heavy (non-hydrogen) atoms. The Hall–Kier alpha value is -4.41. The van der Waals surface area contributed by atoms with E-state index in [-0.39, 0.29) is 12.2 Å². The average Bonchev–Trinajstić information content (AvgIpc) is 3.47. The maximum atomic E-state index is 13.3. The number of nitriles is 1. The van der Waals surface area contributed by atoms with Gasteiger partial charge in [0.15, 0.2) is 0 Å². The molecule has 1 N–H and O–H groups in total. The van der Waals surface area contributed by atoms with Gasteiger partial charge in [-0.15, -0.1) is 11.3 Å². The topological polar surface area (TPSA) is 84.1 Å². The van der Waals surface area contributed by atoms with Crippen molar-refractivity contribution < 1.29 is 14.3 Å². The largest absolute Gasteiger partial charge is 0.462 e. The van der Waals surface area contributed by atoms with Crippen LogP contribution in [0.15, 0.2) is 66.2 Å². The van der Waals surface area contributed by atoms with Crippen LogP contribution in [0.25, 0.3) is 22.9 Å². The number of carbonyl (C=O) groups is 2. The molecule has 1 aliphatic carbocycles. The summed E-state index contributed by atoms with van der Waals surface area (Å²) in [6.07, 6.45) is 5.33. The number of hydrogen-bond donors (Lipinski definition) is 1. The van der Waals surface area contributed by atoms with Crippen LogP contribution in [0.5, 0.6) is 0 Å². The molecule has 4 aromatic rings. The zero-order valence-corrected chi connectivity index (χ0v) is 23.7. The molecule has 2 aromatic heterocycles. The molecule has 5 rings (SSSR count). The second-order valence-corrected chi connectivity index (χ2v) is 10.9. The van der Waals surface area contributed by atoms with E-state index in [4.69, 9.17) is 4.74 Å².